The van der Waals surface area contributed by atoms with E-state index in [-0.39, 0.29) is 47.0 Å². The fraction of sp³-hybridized carbons (Fsp3) is 0.618. The summed E-state index contributed by atoms with van der Waals surface area (Å²) in [4.78, 5) is 30.2. The van der Waals surface area contributed by atoms with Crippen molar-refractivity contribution in [1.82, 2.24) is 24.2 Å². The zero-order valence-corrected chi connectivity index (χ0v) is 31.5. The van der Waals surface area contributed by atoms with Gasteiger partial charge in [0.05, 0.1) is 25.1 Å². The zero-order chi connectivity index (χ0) is 34.5. The lowest BCUT2D eigenvalue weighted by atomic mass is 9.98. The fourth-order valence-corrected chi connectivity index (χ4v) is 8.95. The standard InChI is InChI=1S/C34H52N7O4PSi/c1-23(2)41(24(3)4)46(43-18-17-35-9)44-20-27-19-28(30(25(27)5)45-47(10,11)34(6,7)8)40-22-38-29-31(36-21-37-32(29)40)39-33(42)26-15-13-12-14-16-26/h12-16,21-25,27-28,30H,17-20H2,1-8,10-11H3,(H,36,37,39,42)/t25-,27-,28-,30-,46?/m1/s1. The number of amides is 1. The van der Waals surface area contributed by atoms with Crippen molar-refractivity contribution in [2.75, 3.05) is 25.1 Å². The van der Waals surface area contributed by atoms with Gasteiger partial charge in [-0.3, -0.25) is 4.79 Å². The molecule has 0 aliphatic heterocycles. The fourth-order valence-electron chi connectivity index (χ4n) is 5.90. The molecule has 256 valence electrons. The Morgan fingerprint density at radius 1 is 1.13 bits per heavy atom. The SMILES string of the molecule is [C-]#[N+]CCOP(OC[C@H]1C[C@@H](n2cnc3c(NC(=O)c4ccccc4)ncnc32)[C@H](O[Si](C)(C)C(C)(C)C)[C@@H]1C)N(C(C)C)C(C)C. The van der Waals surface area contributed by atoms with Crippen molar-refractivity contribution in [3.05, 3.63) is 60.0 Å². The molecule has 0 spiro atoms. The van der Waals surface area contributed by atoms with Gasteiger partial charge >= 0.3 is 0 Å². The highest BCUT2D eigenvalue weighted by atomic mass is 31.2. The molecule has 1 fully saturated rings. The van der Waals surface area contributed by atoms with Crippen LogP contribution >= 0.6 is 8.53 Å². The second kappa shape index (κ2) is 15.6. The first kappa shape index (κ1) is 37.0. The van der Waals surface area contributed by atoms with E-state index in [0.717, 1.165) is 6.42 Å². The second-order valence-corrected chi connectivity index (χ2v) is 20.7. The zero-order valence-electron chi connectivity index (χ0n) is 29.6. The van der Waals surface area contributed by atoms with Crippen molar-refractivity contribution in [2.45, 2.75) is 104 Å². The van der Waals surface area contributed by atoms with Crippen molar-refractivity contribution in [3.8, 4) is 0 Å². The molecule has 1 aromatic carbocycles. The number of anilines is 1. The summed E-state index contributed by atoms with van der Waals surface area (Å²) in [5.74, 6) is 0.484. The summed E-state index contributed by atoms with van der Waals surface area (Å²) in [7, 11) is -3.52. The average Bonchev–Trinajstić information content (AvgIpc) is 3.56. The lowest BCUT2D eigenvalue weighted by Crippen LogP contribution is -2.46. The molecule has 1 saturated carbocycles. The van der Waals surface area contributed by atoms with Gasteiger partial charge in [0.15, 0.2) is 25.3 Å². The van der Waals surface area contributed by atoms with E-state index in [1.54, 1.807) is 18.5 Å². The van der Waals surface area contributed by atoms with E-state index in [1.165, 1.54) is 6.33 Å². The molecular formula is C34H52N7O4PSi. The number of carbonyl (C=O) groups is 1. The maximum Gasteiger partial charge on any atom is 0.259 e. The largest absolute Gasteiger partial charge is 0.412 e. The topological polar surface area (TPSA) is 108 Å². The molecule has 2 aromatic heterocycles. The number of carbonyl (C=O) groups excluding carboxylic acids is 1. The van der Waals surface area contributed by atoms with Crippen LogP contribution in [0.15, 0.2) is 43.0 Å². The lowest BCUT2D eigenvalue weighted by molar-refractivity contribution is 0.0929. The van der Waals surface area contributed by atoms with Crippen molar-refractivity contribution in [1.29, 1.82) is 0 Å². The molecule has 3 aromatic rings. The van der Waals surface area contributed by atoms with E-state index < -0.39 is 16.8 Å². The third-order valence-electron chi connectivity index (χ3n) is 9.46. The molecule has 1 amide bonds. The Morgan fingerprint density at radius 2 is 1.81 bits per heavy atom. The van der Waals surface area contributed by atoms with Gasteiger partial charge < -0.3 is 28.2 Å². The second-order valence-electron chi connectivity index (χ2n) is 14.4. The number of imidazole rings is 1. The van der Waals surface area contributed by atoms with Crippen LogP contribution < -0.4 is 5.32 Å². The predicted octanol–water partition coefficient (Wildman–Crippen LogP) is 7.96. The van der Waals surface area contributed by atoms with Gasteiger partial charge in [0.2, 0.25) is 6.54 Å². The van der Waals surface area contributed by atoms with Gasteiger partial charge in [-0.15, -0.1) is 0 Å². The minimum atomic E-state index is -2.17. The van der Waals surface area contributed by atoms with Crippen molar-refractivity contribution >= 4 is 39.7 Å². The Bertz CT molecular complexity index is 1510. The van der Waals surface area contributed by atoms with Crippen molar-refractivity contribution < 1.29 is 18.3 Å². The van der Waals surface area contributed by atoms with Crippen LogP contribution in [0.2, 0.25) is 18.1 Å². The monoisotopic (exact) mass is 681 g/mol. The van der Waals surface area contributed by atoms with E-state index in [9.17, 15) is 4.79 Å². The Kier molecular flexibility index (Phi) is 12.3. The minimum Gasteiger partial charge on any atom is -0.412 e. The summed E-state index contributed by atoms with van der Waals surface area (Å²) in [6, 6.07) is 9.47. The Labute approximate surface area is 282 Å². The normalized spacial score (nSPS) is 21.1. The van der Waals surface area contributed by atoms with Gasteiger partial charge in [-0.1, -0.05) is 45.9 Å². The van der Waals surface area contributed by atoms with Crippen LogP contribution in [-0.4, -0.2) is 76.4 Å². The van der Waals surface area contributed by atoms with E-state index in [2.05, 4.69) is 97.9 Å². The number of hydrogen-bond donors (Lipinski definition) is 1. The smallest absolute Gasteiger partial charge is 0.259 e. The first-order valence-electron chi connectivity index (χ1n) is 16.6. The molecule has 1 unspecified atom stereocenters. The van der Waals surface area contributed by atoms with Crippen LogP contribution in [0.25, 0.3) is 16.0 Å². The van der Waals surface area contributed by atoms with E-state index in [4.69, 9.17) is 25.0 Å². The maximum absolute atomic E-state index is 13.0. The Balaban J connectivity index is 1.65. The third-order valence-corrected chi connectivity index (χ3v) is 16.0. The number of hydrogen-bond acceptors (Lipinski definition) is 8. The summed E-state index contributed by atoms with van der Waals surface area (Å²) >= 11 is 0. The van der Waals surface area contributed by atoms with Gasteiger partial charge in [-0.05, 0) is 76.2 Å². The Hall–Kier alpha value is -2.78. The minimum absolute atomic E-state index is 0.0278. The van der Waals surface area contributed by atoms with Gasteiger partial charge in [0.1, 0.15) is 12.9 Å². The van der Waals surface area contributed by atoms with Gasteiger partial charge in [-0.25, -0.2) is 26.2 Å². The van der Waals surface area contributed by atoms with E-state index >= 15 is 0 Å². The molecule has 1 N–H and O–H groups in total. The first-order valence-corrected chi connectivity index (χ1v) is 20.6. The molecule has 47 heavy (non-hydrogen) atoms. The molecule has 1 aliphatic carbocycles. The number of nitrogens with zero attached hydrogens (tertiary/aromatic N) is 6. The molecule has 11 nitrogen and oxygen atoms in total. The Morgan fingerprint density at radius 3 is 2.43 bits per heavy atom. The van der Waals surface area contributed by atoms with E-state index in [1.807, 2.05) is 18.2 Å². The highest BCUT2D eigenvalue weighted by Gasteiger charge is 2.49. The van der Waals surface area contributed by atoms with Crippen molar-refractivity contribution in [2.24, 2.45) is 11.8 Å². The summed E-state index contributed by atoms with van der Waals surface area (Å²) in [6.07, 6.45) is 3.99. The summed E-state index contributed by atoms with van der Waals surface area (Å²) in [5.41, 5.74) is 1.73. The molecule has 13 heteroatoms. The molecule has 4 rings (SSSR count). The van der Waals surface area contributed by atoms with Crippen LogP contribution in [0, 0.1) is 18.4 Å². The van der Waals surface area contributed by atoms with Crippen LogP contribution in [0.4, 0.5) is 5.82 Å². The number of benzene rings is 1. The molecule has 0 bridgehead atoms. The van der Waals surface area contributed by atoms with Crippen molar-refractivity contribution in [3.63, 3.8) is 0 Å². The molecular weight excluding hydrogens is 629 g/mol. The molecule has 1 aliphatic rings. The summed E-state index contributed by atoms with van der Waals surface area (Å²) in [5, 5.41) is 2.96. The predicted molar refractivity (Wildman–Crippen MR) is 191 cm³/mol. The highest BCUT2D eigenvalue weighted by Crippen LogP contribution is 2.51. The first-order chi connectivity index (χ1) is 22.2. The number of rotatable bonds is 14. The lowest BCUT2D eigenvalue weighted by Gasteiger charge is -2.41. The van der Waals surface area contributed by atoms with Crippen LogP contribution in [-0.2, 0) is 13.5 Å². The molecule has 0 saturated heterocycles. The molecule has 5 atom stereocenters. The van der Waals surface area contributed by atoms with Gasteiger partial charge in [-0.2, -0.15) is 0 Å². The number of aromatic nitrogens is 4. The van der Waals surface area contributed by atoms with Gasteiger partial charge in [0.25, 0.3) is 14.4 Å². The van der Waals surface area contributed by atoms with Crippen LogP contribution in [0.1, 0.15) is 78.2 Å². The summed E-state index contributed by atoms with van der Waals surface area (Å²) < 4.78 is 24.4. The number of nitrogens with one attached hydrogen (secondary N) is 1. The van der Waals surface area contributed by atoms with Gasteiger partial charge in [0, 0.05) is 17.6 Å². The van der Waals surface area contributed by atoms with Crippen LogP contribution in [0.3, 0.4) is 0 Å². The molecule has 0 radical (unpaired) electrons. The maximum atomic E-state index is 13.0. The average molecular weight is 682 g/mol. The third kappa shape index (κ3) is 8.63. The van der Waals surface area contributed by atoms with Crippen LogP contribution in [0.5, 0.6) is 0 Å². The number of fused-ring (bicyclic) bond motifs is 1. The quantitative estimate of drug-likeness (QED) is 0.0791. The van der Waals surface area contributed by atoms with E-state index in [0.29, 0.717) is 42.3 Å². The highest BCUT2D eigenvalue weighted by molar-refractivity contribution is 7.44. The summed E-state index contributed by atoms with van der Waals surface area (Å²) in [6.45, 7) is 30.6. The molecule has 2 heterocycles.